The number of aromatic nitrogens is 2. The van der Waals surface area contributed by atoms with Crippen molar-refractivity contribution in [3.63, 3.8) is 0 Å². The molecular formula is C12H16BrClN2S. The first-order valence-corrected chi connectivity index (χ1v) is 7.88. The molecule has 0 N–H and O–H groups in total. The van der Waals surface area contributed by atoms with Crippen molar-refractivity contribution in [2.75, 3.05) is 0 Å². The van der Waals surface area contributed by atoms with Gasteiger partial charge < -0.3 is 0 Å². The van der Waals surface area contributed by atoms with Crippen LogP contribution < -0.4 is 0 Å². The van der Waals surface area contributed by atoms with Crippen LogP contribution in [0.2, 0.25) is 5.15 Å². The monoisotopic (exact) mass is 334 g/mol. The summed E-state index contributed by atoms with van der Waals surface area (Å²) in [5, 5.41) is 0.548. The number of hydrogen-bond donors (Lipinski definition) is 0. The summed E-state index contributed by atoms with van der Waals surface area (Å²) < 4.78 is 1.11. The zero-order chi connectivity index (χ0) is 12.6. The van der Waals surface area contributed by atoms with Crippen LogP contribution >= 0.6 is 39.3 Å². The molecule has 0 aliphatic heterocycles. The van der Waals surface area contributed by atoms with Crippen molar-refractivity contribution in [2.45, 2.75) is 50.0 Å². The number of hydrogen-bond acceptors (Lipinski definition) is 3. The maximum Gasteiger partial charge on any atom is 0.147 e. The highest BCUT2D eigenvalue weighted by Crippen LogP contribution is 2.43. The van der Waals surface area contributed by atoms with Gasteiger partial charge in [-0.2, -0.15) is 0 Å². The zero-order valence-electron chi connectivity index (χ0n) is 10.3. The van der Waals surface area contributed by atoms with Gasteiger partial charge in [0.1, 0.15) is 11.0 Å². The Morgan fingerprint density at radius 3 is 2.53 bits per heavy atom. The lowest BCUT2D eigenvalue weighted by Gasteiger charge is -2.17. The van der Waals surface area contributed by atoms with E-state index >= 15 is 0 Å². The Bertz CT molecular complexity index is 427. The van der Waals surface area contributed by atoms with E-state index in [2.05, 4.69) is 46.7 Å². The zero-order valence-corrected chi connectivity index (χ0v) is 13.4. The fourth-order valence-corrected chi connectivity index (χ4v) is 2.84. The molecule has 0 radical (unpaired) electrons. The van der Waals surface area contributed by atoms with Crippen LogP contribution in [0.1, 0.15) is 51.0 Å². The van der Waals surface area contributed by atoms with Gasteiger partial charge >= 0.3 is 0 Å². The summed E-state index contributed by atoms with van der Waals surface area (Å²) in [6.45, 7) is 6.58. The molecule has 0 amide bonds. The van der Waals surface area contributed by atoms with Gasteiger partial charge in [-0.15, -0.1) is 11.8 Å². The largest absolute Gasteiger partial charge is 0.235 e. The molecule has 1 aromatic rings. The van der Waals surface area contributed by atoms with Crippen LogP contribution in [0.5, 0.6) is 0 Å². The summed E-state index contributed by atoms with van der Waals surface area (Å²) in [5.74, 6) is 2.25. The molecule has 5 heteroatoms. The molecule has 1 saturated carbocycles. The molecule has 0 spiro atoms. The smallest absolute Gasteiger partial charge is 0.147 e. The summed E-state index contributed by atoms with van der Waals surface area (Å²) in [4.78, 5) is 8.97. The highest BCUT2D eigenvalue weighted by Gasteiger charge is 2.29. The van der Waals surface area contributed by atoms with E-state index < -0.39 is 0 Å². The fourth-order valence-electron chi connectivity index (χ4n) is 1.45. The molecule has 0 aromatic carbocycles. The van der Waals surface area contributed by atoms with Crippen molar-refractivity contribution < 1.29 is 0 Å². The molecule has 1 aliphatic carbocycles. The lowest BCUT2D eigenvalue weighted by molar-refractivity contribution is 0.798. The van der Waals surface area contributed by atoms with Gasteiger partial charge in [0, 0.05) is 10.7 Å². The van der Waals surface area contributed by atoms with E-state index in [0.29, 0.717) is 11.1 Å². The molecule has 2 nitrogen and oxygen atoms in total. The van der Waals surface area contributed by atoms with Gasteiger partial charge in [0.05, 0.1) is 15.9 Å². The summed E-state index contributed by atoms with van der Waals surface area (Å²) in [6.07, 6.45) is 2.44. The van der Waals surface area contributed by atoms with Crippen LogP contribution in [0.25, 0.3) is 0 Å². The fraction of sp³-hybridized carbons (Fsp3) is 0.667. The van der Waals surface area contributed by atoms with E-state index in [4.69, 9.17) is 11.6 Å². The standard InChI is InChI=1S/C12H16BrClN2S/c1-12(2,3)17-6-8-15-10(7-4-5-7)9(13)11(14)16-8/h7H,4-6H2,1-3H3. The molecule has 1 fully saturated rings. The van der Waals surface area contributed by atoms with E-state index in [1.165, 1.54) is 12.8 Å². The Kier molecular flexibility index (Phi) is 4.06. The van der Waals surface area contributed by atoms with Crippen LogP contribution in [0.3, 0.4) is 0 Å². The van der Waals surface area contributed by atoms with Crippen LogP contribution in [0.15, 0.2) is 4.47 Å². The van der Waals surface area contributed by atoms with Crippen molar-refractivity contribution in [3.8, 4) is 0 Å². The topological polar surface area (TPSA) is 25.8 Å². The van der Waals surface area contributed by atoms with Crippen molar-refractivity contribution in [1.29, 1.82) is 0 Å². The van der Waals surface area contributed by atoms with Crippen LogP contribution in [-0.2, 0) is 5.75 Å². The van der Waals surface area contributed by atoms with E-state index in [-0.39, 0.29) is 4.75 Å². The first kappa shape index (κ1) is 13.6. The van der Waals surface area contributed by atoms with Gasteiger partial charge in [-0.25, -0.2) is 9.97 Å². The quantitative estimate of drug-likeness (QED) is 0.742. The second-order valence-corrected chi connectivity index (χ2v) is 8.26. The van der Waals surface area contributed by atoms with E-state index in [0.717, 1.165) is 21.7 Å². The molecule has 0 unspecified atom stereocenters. The Hall–Kier alpha value is 0.200. The molecule has 1 heterocycles. The predicted molar refractivity (Wildman–Crippen MR) is 77.8 cm³/mol. The highest BCUT2D eigenvalue weighted by atomic mass is 79.9. The van der Waals surface area contributed by atoms with Gasteiger partial charge in [-0.05, 0) is 28.8 Å². The Balaban J connectivity index is 2.17. The number of nitrogens with zero attached hydrogens (tertiary/aromatic N) is 2. The second-order valence-electron chi connectivity index (χ2n) is 5.31. The Morgan fingerprint density at radius 2 is 2.00 bits per heavy atom. The normalized spacial score (nSPS) is 16.3. The molecule has 0 bridgehead atoms. The maximum atomic E-state index is 6.13. The molecule has 2 rings (SSSR count). The molecule has 17 heavy (non-hydrogen) atoms. The van der Waals surface area contributed by atoms with Crippen molar-refractivity contribution in [1.82, 2.24) is 9.97 Å². The van der Waals surface area contributed by atoms with E-state index in [9.17, 15) is 0 Å². The van der Waals surface area contributed by atoms with Gasteiger partial charge in [-0.3, -0.25) is 0 Å². The van der Waals surface area contributed by atoms with Crippen LogP contribution in [-0.4, -0.2) is 14.7 Å². The first-order chi connectivity index (χ1) is 7.87. The minimum atomic E-state index is 0.225. The molecule has 94 valence electrons. The Labute approximate surface area is 120 Å². The average Bonchev–Trinajstić information content (AvgIpc) is 3.02. The van der Waals surface area contributed by atoms with Crippen molar-refractivity contribution >= 4 is 39.3 Å². The van der Waals surface area contributed by atoms with Crippen molar-refractivity contribution in [3.05, 3.63) is 21.1 Å². The molecule has 1 aliphatic rings. The molecule has 0 atom stereocenters. The molecule has 1 aromatic heterocycles. The third kappa shape index (κ3) is 3.83. The molecular weight excluding hydrogens is 320 g/mol. The van der Waals surface area contributed by atoms with E-state index in [1.54, 1.807) is 0 Å². The van der Waals surface area contributed by atoms with Crippen LogP contribution in [0, 0.1) is 0 Å². The van der Waals surface area contributed by atoms with Crippen molar-refractivity contribution in [2.24, 2.45) is 0 Å². The van der Waals surface area contributed by atoms with Gasteiger partial charge in [0.15, 0.2) is 0 Å². The first-order valence-electron chi connectivity index (χ1n) is 5.72. The lowest BCUT2D eigenvalue weighted by Crippen LogP contribution is -2.09. The number of halogens is 2. The summed E-state index contributed by atoms with van der Waals surface area (Å²) in [5.41, 5.74) is 1.09. The van der Waals surface area contributed by atoms with Gasteiger partial charge in [0.25, 0.3) is 0 Å². The van der Waals surface area contributed by atoms with E-state index in [1.807, 2.05) is 11.8 Å². The summed E-state index contributed by atoms with van der Waals surface area (Å²) in [6, 6.07) is 0. The van der Waals surface area contributed by atoms with Crippen LogP contribution in [0.4, 0.5) is 0 Å². The lowest BCUT2D eigenvalue weighted by atomic mass is 10.3. The highest BCUT2D eigenvalue weighted by molar-refractivity contribution is 9.10. The number of thioether (sulfide) groups is 1. The minimum absolute atomic E-state index is 0.225. The van der Waals surface area contributed by atoms with Gasteiger partial charge in [0.2, 0.25) is 0 Å². The molecule has 0 saturated heterocycles. The number of rotatable bonds is 3. The third-order valence-electron chi connectivity index (χ3n) is 2.48. The minimum Gasteiger partial charge on any atom is -0.235 e. The third-order valence-corrected chi connectivity index (χ3v) is 5.03. The average molecular weight is 336 g/mol. The SMILES string of the molecule is CC(C)(C)SCc1nc(Cl)c(Br)c(C2CC2)n1. The Morgan fingerprint density at radius 1 is 1.35 bits per heavy atom. The summed E-state index contributed by atoms with van der Waals surface area (Å²) in [7, 11) is 0. The predicted octanol–water partition coefficient (Wildman–Crippen LogP) is 4.80. The van der Waals surface area contributed by atoms with Gasteiger partial charge in [-0.1, -0.05) is 32.4 Å². The maximum absolute atomic E-state index is 6.13. The second kappa shape index (κ2) is 5.06. The summed E-state index contributed by atoms with van der Waals surface area (Å²) >= 11 is 11.5.